The number of hydrogen-bond acceptors (Lipinski definition) is 2. The Morgan fingerprint density at radius 2 is 2.07 bits per heavy atom. The molecule has 1 aliphatic heterocycles. The molecule has 2 aliphatic rings. The third-order valence-electron chi connectivity index (χ3n) is 3.25. The van der Waals surface area contributed by atoms with Gasteiger partial charge in [-0.25, -0.2) is 0 Å². The van der Waals surface area contributed by atoms with Crippen LogP contribution in [0.25, 0.3) is 10.4 Å². The number of carbonyl (C=O) groups excluding carboxylic acids is 1. The topological polar surface area (TPSA) is 77.9 Å². The van der Waals surface area contributed by atoms with Crippen molar-refractivity contribution in [1.82, 2.24) is 5.32 Å². The minimum atomic E-state index is -0.442. The van der Waals surface area contributed by atoms with Gasteiger partial charge in [-0.3, -0.25) is 4.79 Å². The predicted octanol–water partition coefficient (Wildman–Crippen LogP) is 1.74. The summed E-state index contributed by atoms with van der Waals surface area (Å²) in [7, 11) is 0. The second kappa shape index (κ2) is 3.88. The van der Waals surface area contributed by atoms with Gasteiger partial charge in [0.25, 0.3) is 0 Å². The molecule has 1 saturated carbocycles. The quantitative estimate of drug-likeness (QED) is 0.309. The van der Waals surface area contributed by atoms with Crippen molar-refractivity contribution in [1.29, 1.82) is 0 Å². The van der Waals surface area contributed by atoms with E-state index < -0.39 is 6.04 Å². The van der Waals surface area contributed by atoms with E-state index in [0.29, 0.717) is 5.92 Å². The van der Waals surface area contributed by atoms with Crippen molar-refractivity contribution in [3.63, 3.8) is 0 Å². The molecule has 2 atom stereocenters. The van der Waals surface area contributed by atoms with Gasteiger partial charge in [-0.15, -0.1) is 0 Å². The van der Waals surface area contributed by atoms with Crippen molar-refractivity contribution < 1.29 is 4.79 Å². The van der Waals surface area contributed by atoms with E-state index in [9.17, 15) is 4.79 Å². The average molecular weight is 194 g/mol. The Labute approximate surface area is 82.5 Å². The molecule has 0 radical (unpaired) electrons. The molecule has 0 unspecified atom stereocenters. The van der Waals surface area contributed by atoms with Gasteiger partial charge >= 0.3 is 0 Å². The monoisotopic (exact) mass is 194 g/mol. The first-order valence-corrected chi connectivity index (χ1v) is 5.17. The van der Waals surface area contributed by atoms with Gasteiger partial charge in [0.15, 0.2) is 0 Å². The van der Waals surface area contributed by atoms with Gasteiger partial charge in [-0.05, 0) is 24.3 Å². The maximum absolute atomic E-state index is 11.1. The molecule has 0 aromatic carbocycles. The summed E-state index contributed by atoms with van der Waals surface area (Å²) in [6.45, 7) is 0. The molecule has 14 heavy (non-hydrogen) atoms. The van der Waals surface area contributed by atoms with Gasteiger partial charge in [0.05, 0.1) is 0 Å². The van der Waals surface area contributed by atoms with Crippen molar-refractivity contribution in [3.05, 3.63) is 10.4 Å². The Bertz CT molecular complexity index is 277. The van der Waals surface area contributed by atoms with Gasteiger partial charge in [-0.2, -0.15) is 0 Å². The van der Waals surface area contributed by atoms with E-state index in [-0.39, 0.29) is 11.9 Å². The lowest BCUT2D eigenvalue weighted by atomic mass is 9.78. The van der Waals surface area contributed by atoms with Gasteiger partial charge < -0.3 is 5.32 Å². The lowest BCUT2D eigenvalue weighted by Crippen LogP contribution is -2.64. The summed E-state index contributed by atoms with van der Waals surface area (Å²) in [4.78, 5) is 13.8. The summed E-state index contributed by atoms with van der Waals surface area (Å²) in [5.74, 6) is 0.412. The first-order chi connectivity index (χ1) is 6.83. The molecule has 1 aliphatic carbocycles. The van der Waals surface area contributed by atoms with Crippen LogP contribution in [0.3, 0.4) is 0 Å². The smallest absolute Gasteiger partial charge is 0.231 e. The van der Waals surface area contributed by atoms with Crippen molar-refractivity contribution in [2.75, 3.05) is 0 Å². The van der Waals surface area contributed by atoms with Crippen molar-refractivity contribution in [2.24, 2.45) is 11.0 Å². The van der Waals surface area contributed by atoms with E-state index >= 15 is 0 Å². The number of carbonyl (C=O) groups is 1. The summed E-state index contributed by atoms with van der Waals surface area (Å²) in [5.41, 5.74) is 8.31. The van der Waals surface area contributed by atoms with E-state index in [0.717, 1.165) is 12.8 Å². The maximum Gasteiger partial charge on any atom is 0.231 e. The van der Waals surface area contributed by atoms with Crippen molar-refractivity contribution in [3.8, 4) is 0 Å². The van der Waals surface area contributed by atoms with Crippen LogP contribution in [0, 0.1) is 5.92 Å². The Morgan fingerprint density at radius 3 is 2.64 bits per heavy atom. The van der Waals surface area contributed by atoms with E-state index in [1.165, 1.54) is 19.3 Å². The predicted molar refractivity (Wildman–Crippen MR) is 51.4 cm³/mol. The highest BCUT2D eigenvalue weighted by Crippen LogP contribution is 2.31. The zero-order valence-corrected chi connectivity index (χ0v) is 8.02. The van der Waals surface area contributed by atoms with Crippen molar-refractivity contribution >= 4 is 5.91 Å². The number of hydrogen-bond donors (Lipinski definition) is 1. The summed E-state index contributed by atoms with van der Waals surface area (Å²) >= 11 is 0. The molecule has 0 aromatic heterocycles. The normalized spacial score (nSPS) is 32.7. The second-order valence-electron chi connectivity index (χ2n) is 4.08. The standard InChI is InChI=1S/C9H14N4O/c10-13-12-8-7(11-9(8)14)6-4-2-1-3-5-6/h6-8H,1-5H2,(H,11,14)/t7-,8-/m1/s1. The van der Waals surface area contributed by atoms with E-state index in [2.05, 4.69) is 15.3 Å². The molecule has 76 valence electrons. The Balaban J connectivity index is 1.97. The summed E-state index contributed by atoms with van der Waals surface area (Å²) in [5, 5.41) is 6.38. The van der Waals surface area contributed by atoms with Crippen LogP contribution in [0.5, 0.6) is 0 Å². The minimum absolute atomic E-state index is 0.110. The zero-order valence-electron chi connectivity index (χ0n) is 8.02. The lowest BCUT2D eigenvalue weighted by molar-refractivity contribution is -0.132. The van der Waals surface area contributed by atoms with Gasteiger partial charge in [0.2, 0.25) is 5.91 Å². The summed E-state index contributed by atoms with van der Waals surface area (Å²) < 4.78 is 0. The molecule has 0 spiro atoms. The van der Waals surface area contributed by atoms with Crippen LogP contribution in [-0.4, -0.2) is 18.0 Å². The zero-order chi connectivity index (χ0) is 9.97. The van der Waals surface area contributed by atoms with Crippen LogP contribution in [0.15, 0.2) is 5.11 Å². The Morgan fingerprint density at radius 1 is 1.36 bits per heavy atom. The van der Waals surface area contributed by atoms with E-state index in [1.807, 2.05) is 0 Å². The van der Waals surface area contributed by atoms with Crippen LogP contribution in [0.1, 0.15) is 32.1 Å². The number of amides is 1. The molecule has 2 fully saturated rings. The van der Waals surface area contributed by atoms with E-state index in [4.69, 9.17) is 5.53 Å². The highest BCUT2D eigenvalue weighted by atomic mass is 16.2. The third-order valence-corrected chi connectivity index (χ3v) is 3.25. The molecular weight excluding hydrogens is 180 g/mol. The van der Waals surface area contributed by atoms with Crippen LogP contribution in [-0.2, 0) is 4.79 Å². The lowest BCUT2D eigenvalue weighted by Gasteiger charge is -2.41. The minimum Gasteiger partial charge on any atom is -0.352 e. The number of β-lactam (4-membered cyclic amide) rings is 1. The van der Waals surface area contributed by atoms with E-state index in [1.54, 1.807) is 0 Å². The molecular formula is C9H14N4O. The Hall–Kier alpha value is -1.22. The summed E-state index contributed by atoms with van der Waals surface area (Å²) in [6, 6.07) is -0.332. The first kappa shape index (κ1) is 9.34. The molecule has 2 rings (SSSR count). The fourth-order valence-electron chi connectivity index (χ4n) is 2.44. The molecule has 5 heteroatoms. The van der Waals surface area contributed by atoms with Crippen LogP contribution in [0.2, 0.25) is 0 Å². The van der Waals surface area contributed by atoms with Crippen LogP contribution >= 0.6 is 0 Å². The second-order valence-corrected chi connectivity index (χ2v) is 4.08. The number of azide groups is 1. The maximum atomic E-state index is 11.1. The molecule has 0 bridgehead atoms. The third kappa shape index (κ3) is 1.55. The largest absolute Gasteiger partial charge is 0.352 e. The number of rotatable bonds is 2. The van der Waals surface area contributed by atoms with Crippen LogP contribution < -0.4 is 5.32 Å². The Kier molecular flexibility index (Phi) is 2.59. The van der Waals surface area contributed by atoms with Crippen LogP contribution in [0.4, 0.5) is 0 Å². The fraction of sp³-hybridized carbons (Fsp3) is 0.889. The molecule has 1 amide bonds. The first-order valence-electron chi connectivity index (χ1n) is 5.17. The molecule has 1 N–H and O–H groups in total. The average Bonchev–Trinajstić information content (AvgIpc) is 2.24. The highest BCUT2D eigenvalue weighted by Gasteiger charge is 2.43. The fourth-order valence-corrected chi connectivity index (χ4v) is 2.44. The SMILES string of the molecule is [N-]=[N+]=N[C@H]1C(=O)N[C@@H]1C1CCCCC1. The molecule has 1 heterocycles. The number of nitrogens with zero attached hydrogens (tertiary/aromatic N) is 3. The van der Waals surface area contributed by atoms with Gasteiger partial charge in [0, 0.05) is 11.0 Å². The highest BCUT2D eigenvalue weighted by molar-refractivity contribution is 5.89. The van der Waals surface area contributed by atoms with Crippen molar-refractivity contribution in [2.45, 2.75) is 44.2 Å². The molecule has 1 saturated heterocycles. The molecule has 5 nitrogen and oxygen atoms in total. The summed E-state index contributed by atoms with van der Waals surface area (Å²) in [6.07, 6.45) is 6.08. The van der Waals surface area contributed by atoms with Gasteiger partial charge in [-0.1, -0.05) is 24.4 Å². The van der Waals surface area contributed by atoms with Gasteiger partial charge in [0.1, 0.15) is 6.04 Å². The molecule has 0 aromatic rings. The number of nitrogens with one attached hydrogen (secondary N) is 1.